The first-order chi connectivity index (χ1) is 7.33. The van der Waals surface area contributed by atoms with Crippen molar-refractivity contribution in [2.45, 2.75) is 25.6 Å². The minimum absolute atomic E-state index is 0.0376. The highest BCUT2D eigenvalue weighted by Crippen LogP contribution is 2.13. The Morgan fingerprint density at radius 2 is 2.13 bits per heavy atom. The maximum atomic E-state index is 10.8. The zero-order valence-corrected chi connectivity index (χ0v) is 9.88. The molecule has 0 N–H and O–H groups in total. The minimum Gasteiger partial charge on any atom is -0.469 e. The summed E-state index contributed by atoms with van der Waals surface area (Å²) in [5.74, 6) is 1.62. The van der Waals surface area contributed by atoms with Crippen LogP contribution in [-0.4, -0.2) is 44.1 Å². The van der Waals surface area contributed by atoms with Crippen LogP contribution in [0.2, 0.25) is 0 Å². The summed E-state index contributed by atoms with van der Waals surface area (Å²) in [7, 11) is 1.41. The number of rotatable bonds is 6. The number of esters is 1. The van der Waals surface area contributed by atoms with E-state index in [0.717, 1.165) is 37.6 Å². The normalized spacial score (nSPS) is 17.7. The van der Waals surface area contributed by atoms with Crippen LogP contribution in [0.3, 0.4) is 0 Å². The van der Waals surface area contributed by atoms with Crippen molar-refractivity contribution in [3.63, 3.8) is 0 Å². The first-order valence-electron chi connectivity index (χ1n) is 5.20. The lowest BCUT2D eigenvalue weighted by atomic mass is 10.4. The number of hydrogen-bond donors (Lipinski definition) is 0. The maximum Gasteiger partial charge on any atom is 0.306 e. The molecule has 0 aliphatic carbocycles. The van der Waals surface area contributed by atoms with Crippen LogP contribution in [0.25, 0.3) is 0 Å². The van der Waals surface area contributed by atoms with Gasteiger partial charge in [-0.2, -0.15) is 11.8 Å². The Hall–Kier alpha value is -0.260. The van der Waals surface area contributed by atoms with Crippen molar-refractivity contribution in [2.75, 3.05) is 31.8 Å². The molecule has 1 heterocycles. The third-order valence-electron chi connectivity index (χ3n) is 2.07. The average Bonchev–Trinajstić information content (AvgIpc) is 2.29. The van der Waals surface area contributed by atoms with E-state index in [4.69, 9.17) is 9.47 Å². The van der Waals surface area contributed by atoms with Gasteiger partial charge in [-0.25, -0.2) is 0 Å². The molecule has 1 fully saturated rings. The van der Waals surface area contributed by atoms with E-state index in [-0.39, 0.29) is 12.3 Å². The van der Waals surface area contributed by atoms with Gasteiger partial charge in [0, 0.05) is 12.2 Å². The molecular weight excluding hydrogens is 216 g/mol. The van der Waals surface area contributed by atoms with Crippen molar-refractivity contribution in [1.29, 1.82) is 0 Å². The van der Waals surface area contributed by atoms with Crippen LogP contribution in [0.5, 0.6) is 0 Å². The van der Waals surface area contributed by atoms with Crippen molar-refractivity contribution in [1.82, 2.24) is 0 Å². The van der Waals surface area contributed by atoms with Gasteiger partial charge in [0.2, 0.25) is 0 Å². The lowest BCUT2D eigenvalue weighted by molar-refractivity contribution is -0.178. The summed E-state index contributed by atoms with van der Waals surface area (Å²) < 4.78 is 15.3. The Labute approximate surface area is 94.6 Å². The highest BCUT2D eigenvalue weighted by molar-refractivity contribution is 7.99. The molecule has 0 aromatic heterocycles. The topological polar surface area (TPSA) is 44.8 Å². The van der Waals surface area contributed by atoms with Crippen LogP contribution in [0.4, 0.5) is 0 Å². The predicted octanol–water partition coefficient (Wildman–Crippen LogP) is 1.44. The van der Waals surface area contributed by atoms with Gasteiger partial charge in [0.25, 0.3) is 0 Å². The second-order valence-corrected chi connectivity index (χ2v) is 4.48. The van der Waals surface area contributed by atoms with Crippen LogP contribution < -0.4 is 0 Å². The molecule has 0 spiro atoms. The lowest BCUT2D eigenvalue weighted by Gasteiger charge is -2.22. The Balaban J connectivity index is 1.89. The Morgan fingerprint density at radius 1 is 1.40 bits per heavy atom. The second-order valence-electron chi connectivity index (χ2n) is 3.25. The molecule has 0 aromatic rings. The molecule has 0 saturated carbocycles. The average molecular weight is 234 g/mol. The molecule has 15 heavy (non-hydrogen) atoms. The van der Waals surface area contributed by atoms with E-state index in [1.807, 2.05) is 0 Å². The molecule has 0 unspecified atom stereocenters. The van der Waals surface area contributed by atoms with Crippen molar-refractivity contribution >= 4 is 17.7 Å². The Bertz CT molecular complexity index is 180. The summed E-state index contributed by atoms with van der Waals surface area (Å²) in [5.41, 5.74) is 0. The van der Waals surface area contributed by atoms with Crippen LogP contribution in [0, 0.1) is 0 Å². The molecule has 0 aromatic carbocycles. The van der Waals surface area contributed by atoms with Gasteiger partial charge in [-0.3, -0.25) is 4.79 Å². The summed E-state index contributed by atoms with van der Waals surface area (Å²) in [4.78, 5) is 10.8. The van der Waals surface area contributed by atoms with E-state index < -0.39 is 0 Å². The molecule has 0 atom stereocenters. The van der Waals surface area contributed by atoms with Crippen LogP contribution in [0.15, 0.2) is 0 Å². The maximum absolute atomic E-state index is 10.8. The van der Waals surface area contributed by atoms with Gasteiger partial charge >= 0.3 is 5.97 Å². The zero-order chi connectivity index (χ0) is 10.9. The number of methoxy groups -OCH3 is 1. The molecule has 88 valence electrons. The molecule has 1 saturated heterocycles. The number of thioether (sulfide) groups is 1. The van der Waals surface area contributed by atoms with Gasteiger partial charge in [-0.15, -0.1) is 0 Å². The van der Waals surface area contributed by atoms with Gasteiger partial charge in [0.1, 0.15) is 0 Å². The molecule has 1 aliphatic rings. The largest absolute Gasteiger partial charge is 0.469 e. The van der Waals surface area contributed by atoms with E-state index in [2.05, 4.69) is 4.74 Å². The van der Waals surface area contributed by atoms with E-state index in [1.54, 1.807) is 11.8 Å². The minimum atomic E-state index is -0.146. The summed E-state index contributed by atoms with van der Waals surface area (Å²) in [6.07, 6.45) is 2.33. The molecule has 5 heteroatoms. The molecular formula is C10H18O4S. The van der Waals surface area contributed by atoms with Gasteiger partial charge in [-0.1, -0.05) is 0 Å². The Morgan fingerprint density at radius 3 is 2.80 bits per heavy atom. The fraction of sp³-hybridized carbons (Fsp3) is 0.900. The smallest absolute Gasteiger partial charge is 0.306 e. The molecule has 0 radical (unpaired) electrons. The van der Waals surface area contributed by atoms with Crippen molar-refractivity contribution in [3.05, 3.63) is 0 Å². The van der Waals surface area contributed by atoms with Gasteiger partial charge in [0.15, 0.2) is 6.29 Å². The quantitative estimate of drug-likeness (QED) is 0.514. The van der Waals surface area contributed by atoms with Crippen molar-refractivity contribution in [2.24, 2.45) is 0 Å². The summed E-state index contributed by atoms with van der Waals surface area (Å²) in [6, 6.07) is 0. The van der Waals surface area contributed by atoms with Crippen molar-refractivity contribution in [3.8, 4) is 0 Å². The van der Waals surface area contributed by atoms with Crippen LogP contribution in [-0.2, 0) is 19.0 Å². The first-order valence-corrected chi connectivity index (χ1v) is 6.36. The lowest BCUT2D eigenvalue weighted by Crippen LogP contribution is -2.25. The Kier molecular flexibility index (Phi) is 6.80. The summed E-state index contributed by atoms with van der Waals surface area (Å²) in [6.45, 7) is 1.61. The van der Waals surface area contributed by atoms with Gasteiger partial charge in [-0.05, 0) is 12.2 Å². The summed E-state index contributed by atoms with van der Waals surface area (Å²) >= 11 is 1.73. The molecule has 0 amide bonds. The number of carbonyl (C=O) groups is 1. The summed E-state index contributed by atoms with van der Waals surface area (Å²) in [5, 5.41) is 0. The molecule has 1 aliphatic heterocycles. The van der Waals surface area contributed by atoms with Crippen LogP contribution in [0.1, 0.15) is 19.3 Å². The predicted molar refractivity (Wildman–Crippen MR) is 58.9 cm³/mol. The van der Waals surface area contributed by atoms with Crippen molar-refractivity contribution < 1.29 is 19.0 Å². The number of ether oxygens (including phenoxy) is 3. The molecule has 4 nitrogen and oxygen atoms in total. The molecule has 1 rings (SSSR count). The highest BCUT2D eigenvalue weighted by Gasteiger charge is 2.13. The highest BCUT2D eigenvalue weighted by atomic mass is 32.2. The first kappa shape index (κ1) is 12.8. The fourth-order valence-electron chi connectivity index (χ4n) is 1.24. The fourth-order valence-corrected chi connectivity index (χ4v) is 2.12. The zero-order valence-electron chi connectivity index (χ0n) is 9.07. The van der Waals surface area contributed by atoms with Crippen LogP contribution >= 0.6 is 11.8 Å². The van der Waals surface area contributed by atoms with E-state index in [9.17, 15) is 4.79 Å². The monoisotopic (exact) mass is 234 g/mol. The van der Waals surface area contributed by atoms with Gasteiger partial charge < -0.3 is 14.2 Å². The second kappa shape index (κ2) is 7.96. The third-order valence-corrected chi connectivity index (χ3v) is 3.09. The molecule has 0 bridgehead atoms. The number of carbonyl (C=O) groups excluding carboxylic acids is 1. The van der Waals surface area contributed by atoms with Gasteiger partial charge in [0.05, 0.1) is 26.7 Å². The SMILES string of the molecule is COC(=O)CCSCCC1OCCCO1. The van der Waals surface area contributed by atoms with E-state index in [0.29, 0.717) is 6.42 Å². The van der Waals surface area contributed by atoms with E-state index in [1.165, 1.54) is 7.11 Å². The standard InChI is InChI=1S/C10H18O4S/c1-12-9(11)3-7-15-8-4-10-13-5-2-6-14-10/h10H,2-8H2,1H3. The van der Waals surface area contributed by atoms with E-state index >= 15 is 0 Å². The number of hydrogen-bond acceptors (Lipinski definition) is 5. The third kappa shape index (κ3) is 6.02.